The monoisotopic (exact) mass is 369 g/mol. The van der Waals surface area contributed by atoms with Gasteiger partial charge < -0.3 is 19.9 Å². The normalized spacial score (nSPS) is 20.0. The lowest BCUT2D eigenvalue weighted by atomic mass is 10.0. The van der Waals surface area contributed by atoms with E-state index < -0.39 is 0 Å². The van der Waals surface area contributed by atoms with Crippen molar-refractivity contribution in [3.8, 4) is 0 Å². The topological polar surface area (TPSA) is 68.3 Å². The minimum Gasteiger partial charge on any atom is -0.391 e. The first kappa shape index (κ1) is 15.9. The maximum absolute atomic E-state index is 9.78. The molecule has 1 fully saturated rings. The zero-order valence-electron chi connectivity index (χ0n) is 14.3. The van der Waals surface area contributed by atoms with Crippen molar-refractivity contribution in [1.82, 2.24) is 15.0 Å². The van der Waals surface area contributed by atoms with E-state index in [9.17, 15) is 5.11 Å². The summed E-state index contributed by atoms with van der Waals surface area (Å²) in [5.74, 6) is 1.63. The van der Waals surface area contributed by atoms with Crippen molar-refractivity contribution in [2.75, 3.05) is 29.4 Å². The summed E-state index contributed by atoms with van der Waals surface area (Å²) in [6.45, 7) is 3.12. The van der Waals surface area contributed by atoms with Crippen LogP contribution in [0.1, 0.15) is 17.7 Å². The summed E-state index contributed by atoms with van der Waals surface area (Å²) in [5, 5.41) is 11.7. The number of rotatable bonds is 2. The van der Waals surface area contributed by atoms with Gasteiger partial charge in [-0.25, -0.2) is 4.98 Å². The Hall–Kier alpha value is -2.31. The van der Waals surface area contributed by atoms with Crippen LogP contribution in [0.3, 0.4) is 0 Å². The number of nitrogens with zero attached hydrogens (tertiary/aromatic N) is 4. The molecule has 2 aliphatic heterocycles. The molecule has 0 bridgehead atoms. The maximum atomic E-state index is 9.78. The fourth-order valence-corrected chi connectivity index (χ4v) is 4.15. The molecule has 2 aliphatic rings. The van der Waals surface area contributed by atoms with E-state index in [0.717, 1.165) is 54.8 Å². The number of hydrogen-bond donors (Lipinski definition) is 2. The van der Waals surface area contributed by atoms with Crippen LogP contribution in [0.4, 0.5) is 11.8 Å². The van der Waals surface area contributed by atoms with Crippen molar-refractivity contribution in [1.29, 1.82) is 0 Å². The SMILES string of the molecule is OC1CCN(c2ccnc(N3CCc4[nH]c5ccc(Cl)cc5c4C3)n2)C1. The molecule has 1 saturated heterocycles. The van der Waals surface area contributed by atoms with Gasteiger partial charge in [0.05, 0.1) is 6.10 Å². The van der Waals surface area contributed by atoms with Gasteiger partial charge in [0.1, 0.15) is 5.82 Å². The smallest absolute Gasteiger partial charge is 0.227 e. The molecule has 6 nitrogen and oxygen atoms in total. The molecule has 134 valence electrons. The highest BCUT2D eigenvalue weighted by Crippen LogP contribution is 2.31. The second-order valence-corrected chi connectivity index (χ2v) is 7.48. The molecule has 5 rings (SSSR count). The highest BCUT2D eigenvalue weighted by atomic mass is 35.5. The molecular formula is C19H20ClN5O. The van der Waals surface area contributed by atoms with Crippen LogP contribution >= 0.6 is 11.6 Å². The summed E-state index contributed by atoms with van der Waals surface area (Å²) in [6, 6.07) is 7.90. The molecule has 2 aromatic heterocycles. The van der Waals surface area contributed by atoms with Crippen molar-refractivity contribution in [2.24, 2.45) is 0 Å². The van der Waals surface area contributed by atoms with E-state index in [1.807, 2.05) is 30.5 Å². The van der Waals surface area contributed by atoms with Gasteiger partial charge >= 0.3 is 0 Å². The molecule has 4 heterocycles. The number of halogens is 1. The number of aromatic amines is 1. The molecule has 0 radical (unpaired) electrons. The Morgan fingerprint density at radius 3 is 2.96 bits per heavy atom. The summed E-state index contributed by atoms with van der Waals surface area (Å²) in [4.78, 5) is 17.1. The molecule has 7 heteroatoms. The van der Waals surface area contributed by atoms with Gasteiger partial charge in [-0.3, -0.25) is 0 Å². The number of aliphatic hydroxyl groups excluding tert-OH is 1. The fourth-order valence-electron chi connectivity index (χ4n) is 3.97. The number of aliphatic hydroxyl groups is 1. The van der Waals surface area contributed by atoms with E-state index in [1.165, 1.54) is 16.6 Å². The molecule has 0 spiro atoms. The Morgan fingerprint density at radius 1 is 1.19 bits per heavy atom. The summed E-state index contributed by atoms with van der Waals surface area (Å²) >= 11 is 6.20. The van der Waals surface area contributed by atoms with E-state index in [1.54, 1.807) is 0 Å². The average Bonchev–Trinajstić information content (AvgIpc) is 3.25. The first-order chi connectivity index (χ1) is 12.7. The first-order valence-electron chi connectivity index (χ1n) is 8.97. The number of β-amino-alcohol motifs (C(OH)–C–C–N with tert-alkyl or cyclic N) is 1. The standard InChI is InChI=1S/C19H20ClN5O/c20-12-1-2-16-14(9-12)15-11-25(8-5-17(15)22-16)19-21-6-3-18(23-19)24-7-4-13(26)10-24/h1-3,6,9,13,22,26H,4-5,7-8,10-11H2. The molecule has 26 heavy (non-hydrogen) atoms. The van der Waals surface area contributed by atoms with E-state index in [-0.39, 0.29) is 6.10 Å². The summed E-state index contributed by atoms with van der Waals surface area (Å²) in [7, 11) is 0. The Balaban J connectivity index is 1.46. The van der Waals surface area contributed by atoms with Gasteiger partial charge in [-0.05, 0) is 30.7 Å². The Morgan fingerprint density at radius 2 is 2.12 bits per heavy atom. The molecule has 0 saturated carbocycles. The third kappa shape index (κ3) is 2.70. The Labute approximate surface area is 156 Å². The van der Waals surface area contributed by atoms with Gasteiger partial charge in [0.15, 0.2) is 0 Å². The molecule has 0 aliphatic carbocycles. The molecule has 1 atom stereocenters. The van der Waals surface area contributed by atoms with E-state index in [0.29, 0.717) is 6.54 Å². The van der Waals surface area contributed by atoms with Crippen LogP contribution in [0.25, 0.3) is 10.9 Å². The van der Waals surface area contributed by atoms with E-state index in [2.05, 4.69) is 19.8 Å². The minimum absolute atomic E-state index is 0.262. The van der Waals surface area contributed by atoms with Gasteiger partial charge in [-0.1, -0.05) is 11.6 Å². The molecule has 1 aromatic carbocycles. The molecular weight excluding hydrogens is 350 g/mol. The maximum Gasteiger partial charge on any atom is 0.227 e. The number of H-pyrrole nitrogens is 1. The Kier molecular flexibility index (Phi) is 3.76. The van der Waals surface area contributed by atoms with Crippen LogP contribution in [-0.2, 0) is 13.0 Å². The Bertz CT molecular complexity index is 972. The third-order valence-electron chi connectivity index (χ3n) is 5.34. The number of hydrogen-bond acceptors (Lipinski definition) is 5. The summed E-state index contributed by atoms with van der Waals surface area (Å²) in [5.41, 5.74) is 3.68. The number of anilines is 2. The van der Waals surface area contributed by atoms with Gasteiger partial charge in [0.2, 0.25) is 5.95 Å². The molecule has 3 aromatic rings. The fraction of sp³-hybridized carbons (Fsp3) is 0.368. The minimum atomic E-state index is -0.262. The van der Waals surface area contributed by atoms with E-state index in [4.69, 9.17) is 16.6 Å². The summed E-state index contributed by atoms with van der Waals surface area (Å²) in [6.07, 6.45) is 3.27. The van der Waals surface area contributed by atoms with E-state index >= 15 is 0 Å². The third-order valence-corrected chi connectivity index (χ3v) is 5.57. The quantitative estimate of drug-likeness (QED) is 0.727. The van der Waals surface area contributed by atoms with Gasteiger partial charge in [0.25, 0.3) is 0 Å². The van der Waals surface area contributed by atoms with Crippen molar-refractivity contribution >= 4 is 34.3 Å². The largest absolute Gasteiger partial charge is 0.391 e. The lowest BCUT2D eigenvalue weighted by Gasteiger charge is -2.28. The van der Waals surface area contributed by atoms with Gasteiger partial charge in [-0.2, -0.15) is 4.98 Å². The van der Waals surface area contributed by atoms with Crippen molar-refractivity contribution < 1.29 is 5.11 Å². The van der Waals surface area contributed by atoms with Crippen LogP contribution in [0.2, 0.25) is 5.02 Å². The number of fused-ring (bicyclic) bond motifs is 3. The highest BCUT2D eigenvalue weighted by molar-refractivity contribution is 6.31. The van der Waals surface area contributed by atoms with Crippen LogP contribution in [0.5, 0.6) is 0 Å². The van der Waals surface area contributed by atoms with Gasteiger partial charge in [-0.15, -0.1) is 0 Å². The highest BCUT2D eigenvalue weighted by Gasteiger charge is 2.25. The lowest BCUT2D eigenvalue weighted by Crippen LogP contribution is -2.32. The van der Waals surface area contributed by atoms with Crippen LogP contribution in [0, 0.1) is 0 Å². The second-order valence-electron chi connectivity index (χ2n) is 7.05. The predicted molar refractivity (Wildman–Crippen MR) is 103 cm³/mol. The number of aromatic nitrogens is 3. The lowest BCUT2D eigenvalue weighted by molar-refractivity contribution is 0.198. The zero-order valence-corrected chi connectivity index (χ0v) is 15.1. The second kappa shape index (κ2) is 6.14. The number of nitrogens with one attached hydrogen (secondary N) is 1. The number of benzene rings is 1. The van der Waals surface area contributed by atoms with Crippen molar-refractivity contribution in [3.63, 3.8) is 0 Å². The van der Waals surface area contributed by atoms with Crippen LogP contribution in [-0.4, -0.2) is 45.8 Å². The van der Waals surface area contributed by atoms with Crippen molar-refractivity contribution in [2.45, 2.75) is 25.5 Å². The summed E-state index contributed by atoms with van der Waals surface area (Å²) < 4.78 is 0. The molecule has 1 unspecified atom stereocenters. The average molecular weight is 370 g/mol. The zero-order chi connectivity index (χ0) is 17.7. The van der Waals surface area contributed by atoms with Gasteiger partial charge in [0, 0.05) is 66.0 Å². The molecule has 0 amide bonds. The van der Waals surface area contributed by atoms with Crippen molar-refractivity contribution in [3.05, 3.63) is 46.7 Å². The van der Waals surface area contributed by atoms with Crippen LogP contribution in [0.15, 0.2) is 30.5 Å². The van der Waals surface area contributed by atoms with Crippen LogP contribution < -0.4 is 9.80 Å². The molecule has 2 N–H and O–H groups in total. The first-order valence-corrected chi connectivity index (χ1v) is 9.35. The predicted octanol–water partition coefficient (Wildman–Crippen LogP) is 2.75.